The Labute approximate surface area is 160 Å². The number of hydrogen-bond donors (Lipinski definition) is 3. The van der Waals surface area contributed by atoms with Crippen LogP contribution in [0.25, 0.3) is 0 Å². The standard InChI is InChI=1S/C19H17N5O2S/c20-15-10-16(21)24-19(23-15)27-11-17(25)22-14-9-5-4-8-13(14)18(26)12-6-2-1-3-7-12/h1-10H,11H2,(H,22,25)(H4,20,21,23,24). The molecular weight excluding hydrogens is 362 g/mol. The lowest BCUT2D eigenvalue weighted by Gasteiger charge is -2.10. The molecule has 0 atom stereocenters. The molecule has 7 nitrogen and oxygen atoms in total. The first-order chi connectivity index (χ1) is 13.0. The van der Waals surface area contributed by atoms with Crippen LogP contribution in [-0.2, 0) is 4.79 Å². The normalized spacial score (nSPS) is 10.4. The number of benzene rings is 2. The number of rotatable bonds is 6. The minimum absolute atomic E-state index is 0.0523. The van der Waals surface area contributed by atoms with Crippen LogP contribution in [0.3, 0.4) is 0 Å². The third-order valence-electron chi connectivity index (χ3n) is 3.56. The fraction of sp³-hybridized carbons (Fsp3) is 0.0526. The zero-order valence-electron chi connectivity index (χ0n) is 14.3. The number of para-hydroxylation sites is 1. The molecule has 0 radical (unpaired) electrons. The van der Waals surface area contributed by atoms with E-state index in [0.717, 1.165) is 11.8 Å². The summed E-state index contributed by atoms with van der Waals surface area (Å²) in [5.74, 6) is 0.0777. The van der Waals surface area contributed by atoms with Crippen molar-refractivity contribution in [2.24, 2.45) is 0 Å². The highest BCUT2D eigenvalue weighted by Crippen LogP contribution is 2.21. The highest BCUT2D eigenvalue weighted by atomic mass is 32.2. The summed E-state index contributed by atoms with van der Waals surface area (Å²) < 4.78 is 0. The summed E-state index contributed by atoms with van der Waals surface area (Å²) in [4.78, 5) is 33.0. The van der Waals surface area contributed by atoms with E-state index in [2.05, 4.69) is 15.3 Å². The number of nitrogens with two attached hydrogens (primary N) is 2. The summed E-state index contributed by atoms with van der Waals surface area (Å²) in [7, 11) is 0. The van der Waals surface area contributed by atoms with E-state index in [1.807, 2.05) is 6.07 Å². The van der Waals surface area contributed by atoms with Gasteiger partial charge in [-0.1, -0.05) is 54.2 Å². The van der Waals surface area contributed by atoms with E-state index in [4.69, 9.17) is 11.5 Å². The molecule has 0 aliphatic rings. The minimum atomic E-state index is -0.294. The Bertz CT molecular complexity index is 959. The molecule has 2 aromatic carbocycles. The molecule has 0 aliphatic heterocycles. The molecule has 0 aliphatic carbocycles. The average molecular weight is 379 g/mol. The van der Waals surface area contributed by atoms with Crippen LogP contribution in [0.15, 0.2) is 65.8 Å². The predicted molar refractivity (Wildman–Crippen MR) is 107 cm³/mol. The number of ketones is 1. The monoisotopic (exact) mass is 379 g/mol. The van der Waals surface area contributed by atoms with Crippen LogP contribution in [0.2, 0.25) is 0 Å². The van der Waals surface area contributed by atoms with Gasteiger partial charge in [0.1, 0.15) is 11.6 Å². The molecule has 8 heteroatoms. The Morgan fingerprint density at radius 1 is 0.926 bits per heavy atom. The molecule has 0 spiro atoms. The van der Waals surface area contributed by atoms with Gasteiger partial charge in [-0.15, -0.1) is 0 Å². The Morgan fingerprint density at radius 3 is 2.26 bits per heavy atom. The zero-order chi connectivity index (χ0) is 19.2. The average Bonchev–Trinajstić information content (AvgIpc) is 2.66. The summed E-state index contributed by atoms with van der Waals surface area (Å²) in [6.45, 7) is 0. The number of nitrogens with one attached hydrogen (secondary N) is 1. The van der Waals surface area contributed by atoms with Gasteiger partial charge in [0.05, 0.1) is 11.4 Å². The highest BCUT2D eigenvalue weighted by molar-refractivity contribution is 7.99. The second-order valence-corrected chi connectivity index (χ2v) is 6.52. The second kappa shape index (κ2) is 8.33. The van der Waals surface area contributed by atoms with Crippen LogP contribution in [0.4, 0.5) is 17.3 Å². The van der Waals surface area contributed by atoms with Crippen molar-refractivity contribution < 1.29 is 9.59 Å². The maximum Gasteiger partial charge on any atom is 0.234 e. The van der Waals surface area contributed by atoms with Gasteiger partial charge >= 0.3 is 0 Å². The first-order valence-electron chi connectivity index (χ1n) is 8.04. The molecule has 1 aromatic heterocycles. The maximum atomic E-state index is 12.7. The smallest absolute Gasteiger partial charge is 0.234 e. The van der Waals surface area contributed by atoms with Gasteiger partial charge in [-0.3, -0.25) is 9.59 Å². The van der Waals surface area contributed by atoms with E-state index >= 15 is 0 Å². The quantitative estimate of drug-likeness (QED) is 0.341. The van der Waals surface area contributed by atoms with Gasteiger partial charge in [-0.05, 0) is 12.1 Å². The van der Waals surface area contributed by atoms with Crippen LogP contribution in [0.5, 0.6) is 0 Å². The van der Waals surface area contributed by atoms with E-state index < -0.39 is 0 Å². The predicted octanol–water partition coefficient (Wildman–Crippen LogP) is 2.60. The van der Waals surface area contributed by atoms with Gasteiger partial charge in [0, 0.05) is 17.2 Å². The number of carbonyl (C=O) groups excluding carboxylic acids is 2. The molecular formula is C19H17N5O2S. The van der Waals surface area contributed by atoms with Gasteiger partial charge in [0.2, 0.25) is 5.91 Å². The molecule has 0 fully saturated rings. The number of hydrogen-bond acceptors (Lipinski definition) is 7. The van der Waals surface area contributed by atoms with Gasteiger partial charge in [-0.2, -0.15) is 0 Å². The van der Waals surface area contributed by atoms with E-state index in [0.29, 0.717) is 22.0 Å². The lowest BCUT2D eigenvalue weighted by Crippen LogP contribution is -2.17. The topological polar surface area (TPSA) is 124 Å². The first kappa shape index (κ1) is 18.4. The van der Waals surface area contributed by atoms with Gasteiger partial charge in [-0.25, -0.2) is 9.97 Å². The number of aromatic nitrogens is 2. The molecule has 0 saturated carbocycles. The fourth-order valence-corrected chi connectivity index (χ4v) is 3.05. The first-order valence-corrected chi connectivity index (χ1v) is 9.03. The molecule has 0 unspecified atom stereocenters. The molecule has 5 N–H and O–H groups in total. The van der Waals surface area contributed by atoms with Crippen molar-refractivity contribution in [3.8, 4) is 0 Å². The Balaban J connectivity index is 1.70. The van der Waals surface area contributed by atoms with Crippen molar-refractivity contribution in [1.82, 2.24) is 9.97 Å². The maximum absolute atomic E-state index is 12.7. The Hall–Kier alpha value is -3.39. The molecule has 0 bridgehead atoms. The van der Waals surface area contributed by atoms with E-state index in [1.165, 1.54) is 6.07 Å². The Morgan fingerprint density at radius 2 is 1.56 bits per heavy atom. The lowest BCUT2D eigenvalue weighted by atomic mass is 10.0. The van der Waals surface area contributed by atoms with Crippen LogP contribution < -0.4 is 16.8 Å². The van der Waals surface area contributed by atoms with E-state index in [9.17, 15) is 9.59 Å². The molecule has 27 heavy (non-hydrogen) atoms. The Kier molecular flexibility index (Phi) is 5.68. The third-order valence-corrected chi connectivity index (χ3v) is 4.41. The van der Waals surface area contributed by atoms with Crippen LogP contribution in [0.1, 0.15) is 15.9 Å². The van der Waals surface area contributed by atoms with Crippen molar-refractivity contribution in [2.45, 2.75) is 5.16 Å². The third kappa shape index (κ3) is 4.83. The summed E-state index contributed by atoms with van der Waals surface area (Å²) in [5.41, 5.74) is 12.7. The highest BCUT2D eigenvalue weighted by Gasteiger charge is 2.15. The SMILES string of the molecule is Nc1cc(N)nc(SCC(=O)Nc2ccccc2C(=O)c2ccccc2)n1. The van der Waals surface area contributed by atoms with Crippen LogP contribution in [0, 0.1) is 0 Å². The number of thioether (sulfide) groups is 1. The van der Waals surface area contributed by atoms with Crippen molar-refractivity contribution in [1.29, 1.82) is 0 Å². The van der Waals surface area contributed by atoms with Crippen molar-refractivity contribution >= 4 is 40.8 Å². The number of carbonyl (C=O) groups is 2. The molecule has 1 heterocycles. The van der Waals surface area contributed by atoms with Gasteiger partial charge in [0.15, 0.2) is 10.9 Å². The summed E-state index contributed by atoms with van der Waals surface area (Å²) in [6, 6.07) is 17.2. The van der Waals surface area contributed by atoms with Crippen LogP contribution in [-0.4, -0.2) is 27.4 Å². The number of nitrogens with zero attached hydrogens (tertiary/aromatic N) is 2. The molecule has 136 valence electrons. The lowest BCUT2D eigenvalue weighted by molar-refractivity contribution is -0.113. The van der Waals surface area contributed by atoms with E-state index in [1.54, 1.807) is 48.5 Å². The molecule has 3 rings (SSSR count). The van der Waals surface area contributed by atoms with Crippen LogP contribution >= 0.6 is 11.8 Å². The zero-order valence-corrected chi connectivity index (χ0v) is 15.1. The van der Waals surface area contributed by atoms with Crippen molar-refractivity contribution in [3.63, 3.8) is 0 Å². The molecule has 0 saturated heterocycles. The summed E-state index contributed by atoms with van der Waals surface area (Å²) >= 11 is 1.11. The summed E-state index contributed by atoms with van der Waals surface area (Å²) in [5, 5.41) is 3.08. The second-order valence-electron chi connectivity index (χ2n) is 5.58. The number of anilines is 3. The van der Waals surface area contributed by atoms with Crippen molar-refractivity contribution in [3.05, 3.63) is 71.8 Å². The summed E-state index contributed by atoms with van der Waals surface area (Å²) in [6.07, 6.45) is 0. The number of amides is 1. The van der Waals surface area contributed by atoms with Gasteiger partial charge < -0.3 is 16.8 Å². The molecule has 1 amide bonds. The van der Waals surface area contributed by atoms with Crippen molar-refractivity contribution in [2.75, 3.05) is 22.5 Å². The fourth-order valence-electron chi connectivity index (χ4n) is 2.38. The van der Waals surface area contributed by atoms with Gasteiger partial charge in [0.25, 0.3) is 0 Å². The largest absolute Gasteiger partial charge is 0.383 e. The minimum Gasteiger partial charge on any atom is -0.383 e. The molecule has 3 aromatic rings. The number of nitrogen functional groups attached to an aromatic ring is 2. The van der Waals surface area contributed by atoms with E-state index in [-0.39, 0.29) is 29.1 Å².